The van der Waals surface area contributed by atoms with Crippen LogP contribution in [-0.4, -0.2) is 34.0 Å². The maximum Gasteiger partial charge on any atom is 0.255 e. The molecule has 1 aliphatic carbocycles. The first-order valence-electron chi connectivity index (χ1n) is 7.21. The highest BCUT2D eigenvalue weighted by atomic mass is 32.1. The third-order valence-electron chi connectivity index (χ3n) is 3.90. The number of rotatable bonds is 1. The second kappa shape index (κ2) is 5.91. The number of aromatic amines is 1. The second-order valence-corrected chi connectivity index (χ2v) is 5.36. The Morgan fingerprint density at radius 3 is 2.55 bits per heavy atom. The average Bonchev–Trinajstić information content (AvgIpc) is 3.03. The number of amides is 1. The van der Waals surface area contributed by atoms with E-state index in [0.717, 1.165) is 43.5 Å². The zero-order chi connectivity index (χ0) is 14.9. The average molecular weight is 295 g/mol. The molecule has 0 spiro atoms. The maximum absolute atomic E-state index is 12.1. The van der Waals surface area contributed by atoms with E-state index in [1.165, 1.54) is 0 Å². The molecule has 0 saturated carbocycles. The molecule has 1 unspecified atom stereocenters. The Bertz CT molecular complexity index is 632. The van der Waals surface area contributed by atoms with Gasteiger partial charge in [-0.3, -0.25) is 14.6 Å². The monoisotopic (exact) mass is 295 g/mol. The van der Waals surface area contributed by atoms with Gasteiger partial charge in [0.05, 0.1) is 0 Å². The van der Waals surface area contributed by atoms with Gasteiger partial charge in [-0.25, -0.2) is 0 Å². The molecule has 0 radical (unpaired) electrons. The highest BCUT2D eigenvalue weighted by Gasteiger charge is 2.33. The van der Waals surface area contributed by atoms with Crippen molar-refractivity contribution < 1.29 is 4.79 Å². The van der Waals surface area contributed by atoms with Crippen LogP contribution in [0.3, 0.4) is 0 Å². The topological polar surface area (TPSA) is 58.1 Å². The Morgan fingerprint density at radius 2 is 1.95 bits per heavy atom. The molecule has 1 saturated heterocycles. The maximum atomic E-state index is 12.1. The molecule has 1 fully saturated rings. The van der Waals surface area contributed by atoms with E-state index in [4.69, 9.17) is 12.2 Å². The SMILES string of the molecule is CC.CN1CCC(n2c3c(c(=O)[nH]c2=S)CCC3)C1=O. The van der Waals surface area contributed by atoms with Gasteiger partial charge in [-0.05, 0) is 37.9 Å². The molecule has 20 heavy (non-hydrogen) atoms. The number of aromatic nitrogens is 2. The Labute approximate surface area is 123 Å². The first-order chi connectivity index (χ1) is 9.59. The quantitative estimate of drug-likeness (QED) is 0.804. The lowest BCUT2D eigenvalue weighted by Gasteiger charge is -2.18. The summed E-state index contributed by atoms with van der Waals surface area (Å²) in [6.07, 6.45) is 3.36. The fourth-order valence-corrected chi connectivity index (χ4v) is 3.30. The van der Waals surface area contributed by atoms with Gasteiger partial charge >= 0.3 is 0 Å². The van der Waals surface area contributed by atoms with E-state index in [1.807, 2.05) is 18.4 Å². The number of hydrogen-bond acceptors (Lipinski definition) is 3. The van der Waals surface area contributed by atoms with E-state index in [0.29, 0.717) is 4.77 Å². The predicted octanol–water partition coefficient (Wildman–Crippen LogP) is 1.82. The summed E-state index contributed by atoms with van der Waals surface area (Å²) in [5.41, 5.74) is 1.70. The fourth-order valence-electron chi connectivity index (χ4n) is 2.97. The molecule has 1 N–H and O–H groups in total. The van der Waals surface area contributed by atoms with Gasteiger partial charge < -0.3 is 9.47 Å². The normalized spacial score (nSPS) is 20.6. The first-order valence-corrected chi connectivity index (χ1v) is 7.62. The minimum atomic E-state index is -0.230. The van der Waals surface area contributed by atoms with Crippen LogP contribution in [-0.2, 0) is 17.6 Å². The van der Waals surface area contributed by atoms with Crippen molar-refractivity contribution in [1.82, 2.24) is 14.5 Å². The van der Waals surface area contributed by atoms with Crippen molar-refractivity contribution in [2.45, 2.75) is 45.6 Å². The molecule has 1 amide bonds. The standard InChI is InChI=1S/C12H15N3O2S.C2H6/c1-14-6-5-9(11(14)17)15-8-4-2-3-7(8)10(16)13-12(15)18;1-2/h9H,2-6H2,1H3,(H,13,16,18);1-2H3. The number of likely N-dealkylation sites (N-methyl/N-ethyl adjacent to an activating group) is 1. The molecule has 1 aliphatic heterocycles. The van der Waals surface area contributed by atoms with Crippen molar-refractivity contribution in [3.63, 3.8) is 0 Å². The van der Waals surface area contributed by atoms with Crippen molar-refractivity contribution in [2.75, 3.05) is 13.6 Å². The smallest absolute Gasteiger partial charge is 0.255 e. The molecule has 1 atom stereocenters. The Hall–Kier alpha value is -1.43. The van der Waals surface area contributed by atoms with Crippen LogP contribution in [0, 0.1) is 4.77 Å². The van der Waals surface area contributed by atoms with Gasteiger partial charge in [-0.1, -0.05) is 13.8 Å². The highest BCUT2D eigenvalue weighted by molar-refractivity contribution is 7.71. The van der Waals surface area contributed by atoms with Crippen LogP contribution in [0.5, 0.6) is 0 Å². The molecule has 1 aromatic heterocycles. The van der Waals surface area contributed by atoms with E-state index in [-0.39, 0.29) is 17.5 Å². The number of nitrogens with one attached hydrogen (secondary N) is 1. The Kier molecular flexibility index (Phi) is 4.42. The van der Waals surface area contributed by atoms with Crippen LogP contribution in [0.25, 0.3) is 0 Å². The Morgan fingerprint density at radius 1 is 1.25 bits per heavy atom. The second-order valence-electron chi connectivity index (χ2n) is 4.97. The number of carbonyl (C=O) groups excluding carboxylic acids is 1. The van der Waals surface area contributed by atoms with E-state index in [9.17, 15) is 9.59 Å². The van der Waals surface area contributed by atoms with Crippen LogP contribution in [0.15, 0.2) is 4.79 Å². The van der Waals surface area contributed by atoms with Crippen LogP contribution in [0.1, 0.15) is 44.0 Å². The Balaban J connectivity index is 0.000000704. The molecule has 1 aromatic rings. The summed E-state index contributed by atoms with van der Waals surface area (Å²) in [7, 11) is 1.80. The van der Waals surface area contributed by atoms with Crippen LogP contribution >= 0.6 is 12.2 Å². The van der Waals surface area contributed by atoms with E-state index in [2.05, 4.69) is 4.98 Å². The molecular weight excluding hydrogens is 274 g/mol. The van der Waals surface area contributed by atoms with E-state index >= 15 is 0 Å². The number of carbonyl (C=O) groups is 1. The van der Waals surface area contributed by atoms with Crippen molar-refractivity contribution >= 4 is 18.1 Å². The van der Waals surface area contributed by atoms with Crippen LogP contribution < -0.4 is 5.56 Å². The molecule has 110 valence electrons. The molecule has 2 aliphatic rings. The summed E-state index contributed by atoms with van der Waals surface area (Å²) in [6.45, 7) is 4.75. The summed E-state index contributed by atoms with van der Waals surface area (Å²) in [5.74, 6) is 0.0900. The zero-order valence-electron chi connectivity index (χ0n) is 12.2. The van der Waals surface area contributed by atoms with Gasteiger partial charge in [0.25, 0.3) is 5.56 Å². The number of fused-ring (bicyclic) bond motifs is 1. The van der Waals surface area contributed by atoms with E-state index in [1.54, 1.807) is 11.9 Å². The van der Waals surface area contributed by atoms with Crippen molar-refractivity contribution in [2.24, 2.45) is 0 Å². The predicted molar refractivity (Wildman–Crippen MR) is 80.6 cm³/mol. The number of nitrogens with zero attached hydrogens (tertiary/aromatic N) is 2. The molecule has 6 heteroatoms. The zero-order valence-corrected chi connectivity index (χ0v) is 13.0. The third kappa shape index (κ3) is 2.32. The van der Waals surface area contributed by atoms with Gasteiger partial charge in [-0.15, -0.1) is 0 Å². The van der Waals surface area contributed by atoms with Crippen molar-refractivity contribution in [1.29, 1.82) is 0 Å². The molecule has 3 rings (SSSR count). The highest BCUT2D eigenvalue weighted by Crippen LogP contribution is 2.27. The summed E-state index contributed by atoms with van der Waals surface area (Å²) < 4.78 is 2.26. The molecule has 0 aromatic carbocycles. The lowest BCUT2D eigenvalue weighted by molar-refractivity contribution is -0.129. The van der Waals surface area contributed by atoms with Gasteiger partial charge in [0.15, 0.2) is 4.77 Å². The lowest BCUT2D eigenvalue weighted by Crippen LogP contribution is -2.29. The minimum Gasteiger partial charge on any atom is -0.344 e. The minimum absolute atomic E-state index is 0.0810. The first kappa shape index (κ1) is 15.0. The summed E-state index contributed by atoms with van der Waals surface area (Å²) in [4.78, 5) is 28.3. The molecule has 2 heterocycles. The van der Waals surface area contributed by atoms with Crippen LogP contribution in [0.4, 0.5) is 0 Å². The third-order valence-corrected chi connectivity index (χ3v) is 4.20. The van der Waals surface area contributed by atoms with E-state index < -0.39 is 0 Å². The van der Waals surface area contributed by atoms with Gasteiger partial charge in [0.1, 0.15) is 6.04 Å². The fraction of sp³-hybridized carbons (Fsp3) is 0.643. The summed E-state index contributed by atoms with van der Waals surface area (Å²) in [5, 5.41) is 0. The number of likely N-dealkylation sites (tertiary alicyclic amines) is 1. The van der Waals surface area contributed by atoms with Gasteiger partial charge in [0, 0.05) is 24.8 Å². The molecule has 0 bridgehead atoms. The number of hydrogen-bond donors (Lipinski definition) is 1. The lowest BCUT2D eigenvalue weighted by atomic mass is 10.2. The molecule has 5 nitrogen and oxygen atoms in total. The summed E-state index contributed by atoms with van der Waals surface area (Å²) in [6, 6.07) is -0.230. The number of H-pyrrole nitrogens is 1. The van der Waals surface area contributed by atoms with Crippen LogP contribution in [0.2, 0.25) is 0 Å². The van der Waals surface area contributed by atoms with Gasteiger partial charge in [-0.2, -0.15) is 0 Å². The van der Waals surface area contributed by atoms with Gasteiger partial charge in [0.2, 0.25) is 5.91 Å². The van der Waals surface area contributed by atoms with Crippen molar-refractivity contribution in [3.05, 3.63) is 26.4 Å². The largest absolute Gasteiger partial charge is 0.344 e. The van der Waals surface area contributed by atoms with Crippen molar-refractivity contribution in [3.8, 4) is 0 Å². The summed E-state index contributed by atoms with van der Waals surface area (Å²) >= 11 is 5.25. The molecular formula is C14H21N3O2S.